The average Bonchev–Trinajstić information content (AvgIpc) is 2.15. The Labute approximate surface area is 87.5 Å². The predicted molar refractivity (Wildman–Crippen MR) is 55.3 cm³/mol. The Morgan fingerprint density at radius 2 is 2.00 bits per heavy atom. The molecule has 0 aliphatic carbocycles. The fourth-order valence-electron chi connectivity index (χ4n) is 1.16. The third kappa shape index (κ3) is 3.36. The van der Waals surface area contributed by atoms with E-state index in [9.17, 15) is 4.79 Å². The van der Waals surface area contributed by atoms with E-state index in [4.69, 9.17) is 22.4 Å². The lowest BCUT2D eigenvalue weighted by molar-refractivity contribution is -0.137. The maximum atomic E-state index is 10.3. The van der Waals surface area contributed by atoms with Gasteiger partial charge < -0.3 is 10.8 Å². The van der Waals surface area contributed by atoms with Crippen molar-refractivity contribution < 1.29 is 9.90 Å². The van der Waals surface area contributed by atoms with E-state index in [0.29, 0.717) is 11.4 Å². The molecule has 3 N–H and O–H groups in total. The SMILES string of the molecule is NC(CCC(=O)O)c1ccc(Cl)cc1. The molecule has 1 unspecified atom stereocenters. The fraction of sp³-hybridized carbons (Fsp3) is 0.300. The molecule has 1 aromatic carbocycles. The molecule has 0 aromatic heterocycles. The minimum atomic E-state index is -0.825. The number of benzene rings is 1. The summed E-state index contributed by atoms with van der Waals surface area (Å²) in [6, 6.07) is 6.89. The third-order valence-corrected chi connectivity index (χ3v) is 2.22. The zero-order valence-electron chi connectivity index (χ0n) is 7.61. The molecule has 0 saturated heterocycles. The predicted octanol–water partition coefficient (Wildman–Crippen LogP) is 2.20. The number of hydrogen-bond donors (Lipinski definition) is 2. The Morgan fingerprint density at radius 1 is 1.43 bits per heavy atom. The van der Waals surface area contributed by atoms with Crippen molar-refractivity contribution in [1.82, 2.24) is 0 Å². The van der Waals surface area contributed by atoms with Gasteiger partial charge in [-0.15, -0.1) is 0 Å². The van der Waals surface area contributed by atoms with Crippen LogP contribution in [-0.2, 0) is 4.79 Å². The minimum absolute atomic E-state index is 0.0871. The molecule has 0 saturated carbocycles. The van der Waals surface area contributed by atoms with Crippen molar-refractivity contribution >= 4 is 17.6 Å². The zero-order chi connectivity index (χ0) is 10.6. The number of aliphatic carboxylic acids is 1. The molecule has 3 nitrogen and oxygen atoms in total. The van der Waals surface area contributed by atoms with Crippen LogP contribution in [0.5, 0.6) is 0 Å². The first kappa shape index (κ1) is 11.0. The van der Waals surface area contributed by atoms with Gasteiger partial charge in [0.25, 0.3) is 0 Å². The highest BCUT2D eigenvalue weighted by Gasteiger charge is 2.07. The lowest BCUT2D eigenvalue weighted by Crippen LogP contribution is -2.11. The second-order valence-electron chi connectivity index (χ2n) is 3.09. The first-order valence-corrected chi connectivity index (χ1v) is 4.70. The Morgan fingerprint density at radius 3 is 2.50 bits per heavy atom. The Bertz CT molecular complexity index is 310. The van der Waals surface area contributed by atoms with Crippen LogP contribution in [0, 0.1) is 0 Å². The molecule has 0 amide bonds. The lowest BCUT2D eigenvalue weighted by atomic mass is 10.0. The lowest BCUT2D eigenvalue weighted by Gasteiger charge is -2.10. The summed E-state index contributed by atoms with van der Waals surface area (Å²) >= 11 is 5.71. The van der Waals surface area contributed by atoms with Crippen LogP contribution >= 0.6 is 11.6 Å². The quantitative estimate of drug-likeness (QED) is 0.806. The van der Waals surface area contributed by atoms with E-state index in [1.165, 1.54) is 0 Å². The number of carboxylic acid groups (broad SMARTS) is 1. The maximum Gasteiger partial charge on any atom is 0.303 e. The maximum absolute atomic E-state index is 10.3. The van der Waals surface area contributed by atoms with Gasteiger partial charge in [0.15, 0.2) is 0 Å². The number of rotatable bonds is 4. The van der Waals surface area contributed by atoms with E-state index in [1.807, 2.05) is 12.1 Å². The molecule has 76 valence electrons. The first-order valence-electron chi connectivity index (χ1n) is 4.32. The molecule has 0 aliphatic rings. The summed E-state index contributed by atoms with van der Waals surface area (Å²) in [5.74, 6) is -0.825. The Kier molecular flexibility index (Phi) is 3.92. The molecule has 0 spiro atoms. The van der Waals surface area contributed by atoms with Crippen molar-refractivity contribution in [3.8, 4) is 0 Å². The molecule has 1 aromatic rings. The van der Waals surface area contributed by atoms with Crippen molar-refractivity contribution in [1.29, 1.82) is 0 Å². The highest BCUT2D eigenvalue weighted by atomic mass is 35.5. The fourth-order valence-corrected chi connectivity index (χ4v) is 1.28. The van der Waals surface area contributed by atoms with Crippen LogP contribution in [0.4, 0.5) is 0 Å². The van der Waals surface area contributed by atoms with Crippen molar-refractivity contribution in [2.45, 2.75) is 18.9 Å². The topological polar surface area (TPSA) is 63.3 Å². The second-order valence-corrected chi connectivity index (χ2v) is 3.53. The van der Waals surface area contributed by atoms with Crippen LogP contribution in [-0.4, -0.2) is 11.1 Å². The number of carboxylic acids is 1. The summed E-state index contributed by atoms with van der Waals surface area (Å²) in [6.45, 7) is 0. The van der Waals surface area contributed by atoms with Gasteiger partial charge in [-0.25, -0.2) is 0 Å². The summed E-state index contributed by atoms with van der Waals surface area (Å²) in [6.07, 6.45) is 0.529. The summed E-state index contributed by atoms with van der Waals surface area (Å²) in [7, 11) is 0. The van der Waals surface area contributed by atoms with Gasteiger partial charge in [-0.05, 0) is 24.1 Å². The molecule has 0 heterocycles. The minimum Gasteiger partial charge on any atom is -0.481 e. The van der Waals surface area contributed by atoms with Crippen LogP contribution in [0.15, 0.2) is 24.3 Å². The van der Waals surface area contributed by atoms with Gasteiger partial charge in [0.2, 0.25) is 0 Å². The van der Waals surface area contributed by atoms with Gasteiger partial charge in [0, 0.05) is 17.5 Å². The standard InChI is InChI=1S/C10H12ClNO2/c11-8-3-1-7(2-4-8)9(12)5-6-10(13)14/h1-4,9H,5-6,12H2,(H,13,14). The number of hydrogen-bond acceptors (Lipinski definition) is 2. The summed E-state index contributed by atoms with van der Waals surface area (Å²) in [5, 5.41) is 9.13. The molecule has 0 fully saturated rings. The highest BCUT2D eigenvalue weighted by Crippen LogP contribution is 2.18. The molecule has 1 atom stereocenters. The molecule has 0 aliphatic heterocycles. The molecular formula is C10H12ClNO2. The Hall–Kier alpha value is -1.06. The molecule has 0 radical (unpaired) electrons. The van der Waals surface area contributed by atoms with E-state index in [2.05, 4.69) is 0 Å². The van der Waals surface area contributed by atoms with Crippen LogP contribution in [0.2, 0.25) is 5.02 Å². The van der Waals surface area contributed by atoms with E-state index < -0.39 is 5.97 Å². The smallest absolute Gasteiger partial charge is 0.303 e. The van der Waals surface area contributed by atoms with Crippen molar-refractivity contribution in [3.63, 3.8) is 0 Å². The van der Waals surface area contributed by atoms with E-state index in [1.54, 1.807) is 12.1 Å². The van der Waals surface area contributed by atoms with Gasteiger partial charge in [0.1, 0.15) is 0 Å². The van der Waals surface area contributed by atoms with Crippen LogP contribution in [0.1, 0.15) is 24.4 Å². The van der Waals surface area contributed by atoms with E-state index in [0.717, 1.165) is 5.56 Å². The normalized spacial score (nSPS) is 12.4. The van der Waals surface area contributed by atoms with Gasteiger partial charge in [-0.1, -0.05) is 23.7 Å². The first-order chi connectivity index (χ1) is 6.59. The molecular weight excluding hydrogens is 202 g/mol. The molecule has 0 bridgehead atoms. The zero-order valence-corrected chi connectivity index (χ0v) is 8.37. The molecule has 14 heavy (non-hydrogen) atoms. The molecule has 4 heteroatoms. The molecule has 1 rings (SSSR count). The van der Waals surface area contributed by atoms with Gasteiger partial charge >= 0.3 is 5.97 Å². The summed E-state index contributed by atoms with van der Waals surface area (Å²) in [5.41, 5.74) is 6.70. The largest absolute Gasteiger partial charge is 0.481 e. The van der Waals surface area contributed by atoms with Crippen LogP contribution < -0.4 is 5.73 Å². The highest BCUT2D eigenvalue weighted by molar-refractivity contribution is 6.30. The Balaban J connectivity index is 2.56. The number of nitrogens with two attached hydrogens (primary N) is 1. The van der Waals surface area contributed by atoms with Crippen LogP contribution in [0.3, 0.4) is 0 Å². The van der Waals surface area contributed by atoms with Crippen molar-refractivity contribution in [2.75, 3.05) is 0 Å². The summed E-state index contributed by atoms with van der Waals surface area (Å²) < 4.78 is 0. The second kappa shape index (κ2) is 4.98. The van der Waals surface area contributed by atoms with Crippen molar-refractivity contribution in [3.05, 3.63) is 34.9 Å². The van der Waals surface area contributed by atoms with Crippen molar-refractivity contribution in [2.24, 2.45) is 5.73 Å². The van der Waals surface area contributed by atoms with Gasteiger partial charge in [-0.2, -0.15) is 0 Å². The average molecular weight is 214 g/mol. The van der Waals surface area contributed by atoms with Gasteiger partial charge in [0.05, 0.1) is 0 Å². The number of carbonyl (C=O) groups is 1. The van der Waals surface area contributed by atoms with E-state index in [-0.39, 0.29) is 12.5 Å². The van der Waals surface area contributed by atoms with Crippen LogP contribution in [0.25, 0.3) is 0 Å². The monoisotopic (exact) mass is 213 g/mol. The van der Waals surface area contributed by atoms with E-state index >= 15 is 0 Å². The number of halogens is 1. The summed E-state index contributed by atoms with van der Waals surface area (Å²) in [4.78, 5) is 10.3. The third-order valence-electron chi connectivity index (χ3n) is 1.97. The van der Waals surface area contributed by atoms with Gasteiger partial charge in [-0.3, -0.25) is 4.79 Å².